The van der Waals surface area contributed by atoms with Gasteiger partial charge in [0, 0.05) is 17.7 Å². The van der Waals surface area contributed by atoms with Crippen LogP contribution in [0, 0.1) is 6.92 Å². The van der Waals surface area contributed by atoms with Gasteiger partial charge in [0.05, 0.1) is 11.1 Å². The maximum atomic E-state index is 12.9. The van der Waals surface area contributed by atoms with Crippen LogP contribution in [0.1, 0.15) is 49.1 Å². The molecule has 0 aliphatic carbocycles. The molecule has 1 aliphatic rings. The zero-order valence-corrected chi connectivity index (χ0v) is 16.5. The number of benzene rings is 3. The lowest BCUT2D eigenvalue weighted by molar-refractivity contribution is -0.137. The largest absolute Gasteiger partial charge is 0.454 e. The van der Waals surface area contributed by atoms with Crippen molar-refractivity contribution in [1.29, 1.82) is 0 Å². The van der Waals surface area contributed by atoms with Gasteiger partial charge in [-0.15, -0.1) is 0 Å². The fourth-order valence-corrected chi connectivity index (χ4v) is 3.48. The molecule has 1 N–H and O–H groups in total. The van der Waals surface area contributed by atoms with Gasteiger partial charge in [0.2, 0.25) is 0 Å². The zero-order chi connectivity index (χ0) is 22.2. The lowest BCUT2D eigenvalue weighted by Crippen LogP contribution is -2.23. The first-order chi connectivity index (χ1) is 14.7. The number of halogens is 3. The molecule has 3 aromatic carbocycles. The van der Waals surface area contributed by atoms with Gasteiger partial charge in [-0.05, 0) is 54.4 Å². The van der Waals surface area contributed by atoms with Crippen molar-refractivity contribution in [2.45, 2.75) is 25.6 Å². The Morgan fingerprint density at radius 3 is 2.48 bits per heavy atom. The van der Waals surface area contributed by atoms with Crippen LogP contribution >= 0.6 is 0 Å². The van der Waals surface area contributed by atoms with Crippen LogP contribution < -0.4 is 5.32 Å². The molecular formula is C24H18F3NO3. The standard InChI is InChI=1S/C24H18F3NO3/c1-14-5-7-15(8-6-14)21-12-17-11-16(9-10-20(17)23(30)31-21)22(29)28-19-4-2-3-18(13-19)24(25,26)27/h2-11,13,21H,12H2,1H3,(H,28,29)/t21-/m1/s1. The van der Waals surface area contributed by atoms with Crippen LogP contribution in [0.2, 0.25) is 0 Å². The van der Waals surface area contributed by atoms with E-state index in [0.29, 0.717) is 17.5 Å². The summed E-state index contributed by atoms with van der Waals surface area (Å²) in [6, 6.07) is 16.6. The third kappa shape index (κ3) is 4.45. The number of amides is 1. The molecule has 31 heavy (non-hydrogen) atoms. The Labute approximate surface area is 176 Å². The van der Waals surface area contributed by atoms with Gasteiger partial charge in [-0.3, -0.25) is 4.79 Å². The molecule has 0 aromatic heterocycles. The van der Waals surface area contributed by atoms with Crippen LogP contribution in [0.5, 0.6) is 0 Å². The molecule has 0 unspecified atom stereocenters. The minimum absolute atomic E-state index is 0.0366. The molecule has 3 aromatic rings. The van der Waals surface area contributed by atoms with Crippen molar-refractivity contribution in [1.82, 2.24) is 0 Å². The van der Waals surface area contributed by atoms with E-state index in [2.05, 4.69) is 5.32 Å². The number of alkyl halides is 3. The highest BCUT2D eigenvalue weighted by atomic mass is 19.4. The van der Waals surface area contributed by atoms with Crippen molar-refractivity contribution in [3.05, 3.63) is 100 Å². The number of aryl methyl sites for hydroxylation is 1. The van der Waals surface area contributed by atoms with E-state index in [1.54, 1.807) is 6.07 Å². The van der Waals surface area contributed by atoms with E-state index in [1.807, 2.05) is 31.2 Å². The van der Waals surface area contributed by atoms with Gasteiger partial charge in [0.15, 0.2) is 0 Å². The number of rotatable bonds is 3. The van der Waals surface area contributed by atoms with Crippen LogP contribution in [0.4, 0.5) is 18.9 Å². The molecule has 158 valence electrons. The van der Waals surface area contributed by atoms with Crippen LogP contribution in [-0.4, -0.2) is 11.9 Å². The average Bonchev–Trinajstić information content (AvgIpc) is 2.73. The molecule has 0 spiro atoms. The van der Waals surface area contributed by atoms with E-state index < -0.39 is 29.7 Å². The van der Waals surface area contributed by atoms with E-state index in [0.717, 1.165) is 23.3 Å². The summed E-state index contributed by atoms with van der Waals surface area (Å²) in [6.07, 6.45) is -4.57. The van der Waals surface area contributed by atoms with Gasteiger partial charge < -0.3 is 10.1 Å². The Morgan fingerprint density at radius 2 is 1.77 bits per heavy atom. The molecule has 1 atom stereocenters. The zero-order valence-electron chi connectivity index (χ0n) is 16.5. The summed E-state index contributed by atoms with van der Waals surface area (Å²) in [5.41, 5.74) is 2.39. The molecule has 0 fully saturated rings. The Bertz CT molecular complexity index is 1150. The fourth-order valence-electron chi connectivity index (χ4n) is 3.48. The minimum atomic E-state index is -4.50. The van der Waals surface area contributed by atoms with Crippen LogP contribution in [0.3, 0.4) is 0 Å². The SMILES string of the molecule is Cc1ccc([C@H]2Cc3cc(C(=O)Nc4cccc(C(F)(F)F)c4)ccc3C(=O)O2)cc1. The Balaban J connectivity index is 1.56. The van der Waals surface area contributed by atoms with E-state index in [-0.39, 0.29) is 11.3 Å². The van der Waals surface area contributed by atoms with Crippen molar-refractivity contribution < 1.29 is 27.5 Å². The normalized spacial score (nSPS) is 15.7. The van der Waals surface area contributed by atoms with Gasteiger partial charge >= 0.3 is 12.1 Å². The summed E-state index contributed by atoms with van der Waals surface area (Å²) in [7, 11) is 0. The number of hydrogen-bond acceptors (Lipinski definition) is 3. The summed E-state index contributed by atoms with van der Waals surface area (Å²) in [5, 5.41) is 2.48. The molecule has 1 aliphatic heterocycles. The van der Waals surface area contributed by atoms with Gasteiger partial charge in [-0.25, -0.2) is 4.79 Å². The summed E-state index contributed by atoms with van der Waals surface area (Å²) in [6.45, 7) is 1.96. The summed E-state index contributed by atoms with van der Waals surface area (Å²) in [5.74, 6) is -1.04. The van der Waals surface area contributed by atoms with Gasteiger partial charge in [-0.1, -0.05) is 35.9 Å². The number of nitrogens with one attached hydrogen (secondary N) is 1. The molecule has 0 saturated heterocycles. The van der Waals surface area contributed by atoms with Crippen molar-refractivity contribution in [3.63, 3.8) is 0 Å². The first-order valence-corrected chi connectivity index (χ1v) is 9.60. The summed E-state index contributed by atoms with van der Waals surface area (Å²) in [4.78, 5) is 25.0. The van der Waals surface area contributed by atoms with Crippen LogP contribution in [0.25, 0.3) is 0 Å². The summed E-state index contributed by atoms with van der Waals surface area (Å²) >= 11 is 0. The number of esters is 1. The van der Waals surface area contributed by atoms with E-state index in [9.17, 15) is 22.8 Å². The number of hydrogen-bond donors (Lipinski definition) is 1. The number of fused-ring (bicyclic) bond motifs is 1. The molecule has 4 rings (SSSR count). The average molecular weight is 425 g/mol. The van der Waals surface area contributed by atoms with E-state index in [4.69, 9.17) is 4.74 Å². The second-order valence-electron chi connectivity index (χ2n) is 7.41. The highest BCUT2D eigenvalue weighted by Crippen LogP contribution is 2.32. The number of carbonyl (C=O) groups excluding carboxylic acids is 2. The summed E-state index contributed by atoms with van der Waals surface area (Å²) < 4.78 is 44.2. The van der Waals surface area contributed by atoms with Crippen LogP contribution in [0.15, 0.2) is 66.7 Å². The highest BCUT2D eigenvalue weighted by molar-refractivity contribution is 6.05. The molecule has 0 radical (unpaired) electrons. The molecule has 7 heteroatoms. The molecule has 1 heterocycles. The molecule has 1 amide bonds. The maximum Gasteiger partial charge on any atom is 0.416 e. The third-order valence-electron chi connectivity index (χ3n) is 5.14. The second-order valence-corrected chi connectivity index (χ2v) is 7.41. The van der Waals surface area contributed by atoms with Crippen LogP contribution in [-0.2, 0) is 17.3 Å². The predicted octanol–water partition coefficient (Wildman–Crippen LogP) is 5.72. The topological polar surface area (TPSA) is 55.4 Å². The lowest BCUT2D eigenvalue weighted by Gasteiger charge is -2.25. The molecule has 0 saturated carbocycles. The Hall–Kier alpha value is -3.61. The fraction of sp³-hybridized carbons (Fsp3) is 0.167. The van der Waals surface area contributed by atoms with E-state index in [1.165, 1.54) is 24.3 Å². The first kappa shape index (κ1) is 20.7. The van der Waals surface area contributed by atoms with Crippen molar-refractivity contribution in [2.24, 2.45) is 0 Å². The highest BCUT2D eigenvalue weighted by Gasteiger charge is 2.31. The Morgan fingerprint density at radius 1 is 1.03 bits per heavy atom. The van der Waals surface area contributed by atoms with Crippen molar-refractivity contribution >= 4 is 17.6 Å². The second kappa shape index (κ2) is 7.91. The third-order valence-corrected chi connectivity index (χ3v) is 5.14. The first-order valence-electron chi connectivity index (χ1n) is 9.60. The lowest BCUT2D eigenvalue weighted by atomic mass is 9.92. The number of cyclic esters (lactones) is 1. The van der Waals surface area contributed by atoms with Gasteiger partial charge in [-0.2, -0.15) is 13.2 Å². The molecule has 0 bridgehead atoms. The number of carbonyl (C=O) groups is 2. The van der Waals surface area contributed by atoms with Crippen molar-refractivity contribution in [3.8, 4) is 0 Å². The minimum Gasteiger partial charge on any atom is -0.454 e. The number of ether oxygens (including phenoxy) is 1. The van der Waals surface area contributed by atoms with Crippen molar-refractivity contribution in [2.75, 3.05) is 5.32 Å². The Kier molecular flexibility index (Phi) is 5.27. The quantitative estimate of drug-likeness (QED) is 0.546. The number of anilines is 1. The molecule has 4 nitrogen and oxygen atoms in total. The van der Waals surface area contributed by atoms with Gasteiger partial charge in [0.25, 0.3) is 5.91 Å². The smallest absolute Gasteiger partial charge is 0.416 e. The maximum absolute atomic E-state index is 12.9. The molecular weight excluding hydrogens is 407 g/mol. The van der Waals surface area contributed by atoms with E-state index >= 15 is 0 Å². The van der Waals surface area contributed by atoms with Gasteiger partial charge in [0.1, 0.15) is 6.10 Å². The predicted molar refractivity (Wildman–Crippen MR) is 109 cm³/mol. The monoisotopic (exact) mass is 425 g/mol.